The molecular weight excluding hydrogens is 505 g/mol. The van der Waals surface area contributed by atoms with Gasteiger partial charge in [-0.05, 0) is 51.8 Å². The van der Waals surface area contributed by atoms with Crippen LogP contribution >= 0.6 is 24.0 Å². The highest BCUT2D eigenvalue weighted by Crippen LogP contribution is 2.25. The zero-order valence-corrected chi connectivity index (χ0v) is 21.2. The first-order valence-corrected chi connectivity index (χ1v) is 11.4. The van der Waals surface area contributed by atoms with E-state index in [-0.39, 0.29) is 35.8 Å². The zero-order chi connectivity index (χ0) is 21.3. The second-order valence-corrected chi connectivity index (χ2v) is 8.17. The fourth-order valence-corrected chi connectivity index (χ4v) is 4.50. The third kappa shape index (κ3) is 7.20. The van der Waals surface area contributed by atoms with Gasteiger partial charge in [0.1, 0.15) is 5.82 Å². The Bertz CT molecular complexity index is 730. The van der Waals surface area contributed by atoms with Gasteiger partial charge in [-0.2, -0.15) is 0 Å². The summed E-state index contributed by atoms with van der Waals surface area (Å²) in [5.74, 6) is 1.42. The summed E-state index contributed by atoms with van der Waals surface area (Å²) < 4.78 is 0. The number of hydrogen-bond acceptors (Lipinski definition) is 5. The van der Waals surface area contributed by atoms with Gasteiger partial charge in [0, 0.05) is 44.0 Å². The van der Waals surface area contributed by atoms with Gasteiger partial charge in [-0.15, -0.1) is 24.0 Å². The Kier molecular flexibility index (Phi) is 10.8. The van der Waals surface area contributed by atoms with E-state index in [1.807, 2.05) is 6.07 Å². The molecule has 0 radical (unpaired) electrons. The highest BCUT2D eigenvalue weighted by molar-refractivity contribution is 14.0. The molecule has 9 heteroatoms. The standard InChI is InChI=1S/C22H37N7O.HI/c1-3-24-22(27-15-19-10-7-12-28(19)4-2)26-14-17-8-5-11-25-21(17)29-13-6-9-18(16-29)20(23)30;/h5,8,11,18-19H,3-4,6-7,9-10,12-16H2,1-2H3,(H2,23,30)(H2,24,26,27);1H. The van der Waals surface area contributed by atoms with Crippen LogP contribution in [0.4, 0.5) is 5.82 Å². The number of anilines is 1. The van der Waals surface area contributed by atoms with E-state index in [9.17, 15) is 4.79 Å². The minimum Gasteiger partial charge on any atom is -0.369 e. The molecule has 1 amide bonds. The maximum atomic E-state index is 11.7. The second kappa shape index (κ2) is 13.0. The second-order valence-electron chi connectivity index (χ2n) is 8.17. The number of likely N-dealkylation sites (N-methyl/N-ethyl adjacent to an activating group) is 1. The molecule has 0 aromatic carbocycles. The van der Waals surface area contributed by atoms with Crippen LogP contribution in [0.3, 0.4) is 0 Å². The van der Waals surface area contributed by atoms with Crippen LogP contribution in [0, 0.1) is 5.92 Å². The third-order valence-electron chi connectivity index (χ3n) is 6.15. The monoisotopic (exact) mass is 543 g/mol. The lowest BCUT2D eigenvalue weighted by molar-refractivity contribution is -0.122. The number of nitrogens with zero attached hydrogens (tertiary/aromatic N) is 4. The maximum absolute atomic E-state index is 11.7. The number of rotatable bonds is 8. The zero-order valence-electron chi connectivity index (χ0n) is 18.8. The Labute approximate surface area is 203 Å². The fraction of sp³-hybridized carbons (Fsp3) is 0.682. The van der Waals surface area contributed by atoms with E-state index in [4.69, 9.17) is 10.7 Å². The van der Waals surface area contributed by atoms with Crippen molar-refractivity contribution in [2.75, 3.05) is 44.2 Å². The summed E-state index contributed by atoms with van der Waals surface area (Å²) in [6, 6.07) is 4.59. The fourth-order valence-electron chi connectivity index (χ4n) is 4.50. The van der Waals surface area contributed by atoms with Crippen molar-refractivity contribution in [2.24, 2.45) is 16.6 Å². The number of amides is 1. The van der Waals surface area contributed by atoms with E-state index in [1.165, 1.54) is 19.4 Å². The van der Waals surface area contributed by atoms with Crippen molar-refractivity contribution in [1.29, 1.82) is 0 Å². The summed E-state index contributed by atoms with van der Waals surface area (Å²) in [6.07, 6.45) is 6.13. The molecule has 3 heterocycles. The minimum absolute atomic E-state index is 0. The quantitative estimate of drug-likeness (QED) is 0.264. The first-order chi connectivity index (χ1) is 14.6. The van der Waals surface area contributed by atoms with Gasteiger partial charge in [-0.3, -0.25) is 9.69 Å². The lowest BCUT2D eigenvalue weighted by Gasteiger charge is -2.33. The van der Waals surface area contributed by atoms with E-state index in [2.05, 4.69) is 45.3 Å². The summed E-state index contributed by atoms with van der Waals surface area (Å²) in [6.45, 7) is 10.4. The summed E-state index contributed by atoms with van der Waals surface area (Å²) in [4.78, 5) is 25.8. The van der Waals surface area contributed by atoms with Gasteiger partial charge in [-0.25, -0.2) is 9.98 Å². The Morgan fingerprint density at radius 3 is 2.81 bits per heavy atom. The molecule has 1 aromatic rings. The maximum Gasteiger partial charge on any atom is 0.222 e. The van der Waals surface area contributed by atoms with Crippen molar-refractivity contribution < 1.29 is 4.79 Å². The number of hydrogen-bond donors (Lipinski definition) is 3. The Hall–Kier alpha value is -1.62. The van der Waals surface area contributed by atoms with Crippen molar-refractivity contribution in [2.45, 2.75) is 52.1 Å². The molecule has 4 N–H and O–H groups in total. The first kappa shape index (κ1) is 25.6. The van der Waals surface area contributed by atoms with Crippen molar-refractivity contribution in [3.8, 4) is 0 Å². The van der Waals surface area contributed by atoms with E-state index < -0.39 is 0 Å². The molecule has 2 aliphatic heterocycles. The van der Waals surface area contributed by atoms with Gasteiger partial charge in [0.05, 0.1) is 12.5 Å². The van der Waals surface area contributed by atoms with Gasteiger partial charge in [0.15, 0.2) is 5.96 Å². The number of piperidine rings is 1. The topological polar surface area (TPSA) is 98.9 Å². The van der Waals surface area contributed by atoms with Crippen LogP contribution in [0.1, 0.15) is 45.1 Å². The molecule has 3 rings (SSSR count). The number of pyridine rings is 1. The van der Waals surface area contributed by atoms with Crippen LogP contribution < -0.4 is 21.3 Å². The van der Waals surface area contributed by atoms with Crippen LogP contribution in [0.5, 0.6) is 0 Å². The first-order valence-electron chi connectivity index (χ1n) is 11.4. The van der Waals surface area contributed by atoms with Gasteiger partial charge in [-0.1, -0.05) is 13.0 Å². The molecule has 2 atom stereocenters. The third-order valence-corrected chi connectivity index (χ3v) is 6.15. The Balaban J connectivity index is 0.00000341. The molecule has 0 saturated carbocycles. The minimum atomic E-state index is -0.220. The molecule has 8 nitrogen and oxygen atoms in total. The molecule has 1 aromatic heterocycles. The molecule has 0 spiro atoms. The number of carbonyl (C=O) groups excluding carboxylic acids is 1. The molecule has 174 valence electrons. The summed E-state index contributed by atoms with van der Waals surface area (Å²) >= 11 is 0. The van der Waals surface area contributed by atoms with Crippen molar-refractivity contribution in [1.82, 2.24) is 20.5 Å². The number of aliphatic imine (C=N–C) groups is 1. The average Bonchev–Trinajstić information content (AvgIpc) is 3.23. The number of carbonyl (C=O) groups is 1. The van der Waals surface area contributed by atoms with Crippen LogP contribution in [-0.2, 0) is 11.3 Å². The van der Waals surface area contributed by atoms with Gasteiger partial charge in [0.25, 0.3) is 0 Å². The number of nitrogens with two attached hydrogens (primary N) is 1. The van der Waals surface area contributed by atoms with Gasteiger partial charge >= 0.3 is 0 Å². The number of likely N-dealkylation sites (tertiary alicyclic amines) is 1. The highest BCUT2D eigenvalue weighted by atomic mass is 127. The average molecular weight is 543 g/mol. The number of aromatic nitrogens is 1. The molecule has 0 bridgehead atoms. The predicted molar refractivity (Wildman–Crippen MR) is 137 cm³/mol. The van der Waals surface area contributed by atoms with Crippen molar-refractivity contribution in [3.63, 3.8) is 0 Å². The predicted octanol–water partition coefficient (Wildman–Crippen LogP) is 1.94. The molecule has 2 aliphatic rings. The normalized spacial score (nSPS) is 22.1. The number of halogens is 1. The molecule has 31 heavy (non-hydrogen) atoms. The largest absolute Gasteiger partial charge is 0.369 e. The molecular formula is C22H38IN7O. The van der Waals surface area contributed by atoms with Crippen LogP contribution in [0.2, 0.25) is 0 Å². The van der Waals surface area contributed by atoms with Crippen LogP contribution in [-0.4, -0.2) is 67.1 Å². The van der Waals surface area contributed by atoms with Crippen LogP contribution in [0.15, 0.2) is 23.3 Å². The lowest BCUT2D eigenvalue weighted by Crippen LogP contribution is -2.44. The van der Waals surface area contributed by atoms with Gasteiger partial charge in [0.2, 0.25) is 5.91 Å². The van der Waals surface area contributed by atoms with Crippen molar-refractivity contribution in [3.05, 3.63) is 23.9 Å². The lowest BCUT2D eigenvalue weighted by atomic mass is 9.97. The SMILES string of the molecule is CCNC(=NCc1cccnc1N1CCCC(C(N)=O)C1)NCC1CCCN1CC.I. The van der Waals surface area contributed by atoms with E-state index in [0.717, 1.165) is 56.4 Å². The van der Waals surface area contributed by atoms with Crippen molar-refractivity contribution >= 4 is 41.7 Å². The summed E-state index contributed by atoms with van der Waals surface area (Å²) in [5, 5.41) is 6.88. The molecule has 2 unspecified atom stereocenters. The highest BCUT2D eigenvalue weighted by Gasteiger charge is 2.26. The summed E-state index contributed by atoms with van der Waals surface area (Å²) in [7, 11) is 0. The number of guanidine groups is 1. The smallest absolute Gasteiger partial charge is 0.222 e. The summed E-state index contributed by atoms with van der Waals surface area (Å²) in [5.41, 5.74) is 6.62. The van der Waals surface area contributed by atoms with E-state index >= 15 is 0 Å². The Morgan fingerprint density at radius 2 is 2.06 bits per heavy atom. The van der Waals surface area contributed by atoms with Gasteiger partial charge < -0.3 is 21.3 Å². The molecule has 0 aliphatic carbocycles. The van der Waals surface area contributed by atoms with Crippen LogP contribution in [0.25, 0.3) is 0 Å². The number of primary amides is 1. The molecule has 2 fully saturated rings. The molecule has 2 saturated heterocycles. The Morgan fingerprint density at radius 1 is 1.26 bits per heavy atom. The van der Waals surface area contributed by atoms with E-state index in [0.29, 0.717) is 19.1 Å². The number of nitrogens with one attached hydrogen (secondary N) is 2. The van der Waals surface area contributed by atoms with E-state index in [1.54, 1.807) is 6.20 Å².